The first-order chi connectivity index (χ1) is 7.65. The molecule has 0 aliphatic heterocycles. The lowest BCUT2D eigenvalue weighted by Gasteiger charge is -2.05. The summed E-state index contributed by atoms with van der Waals surface area (Å²) in [4.78, 5) is 3.79. The summed E-state index contributed by atoms with van der Waals surface area (Å²) in [6.07, 6.45) is 0. The summed E-state index contributed by atoms with van der Waals surface area (Å²) in [6, 6.07) is 6.79. The molecule has 1 heterocycles. The lowest BCUT2D eigenvalue weighted by atomic mass is 10.3. The second-order valence-corrected chi connectivity index (χ2v) is 3.87. The van der Waals surface area contributed by atoms with Gasteiger partial charge < -0.3 is 4.74 Å². The van der Waals surface area contributed by atoms with Crippen LogP contribution >= 0.6 is 34.8 Å². The van der Waals surface area contributed by atoms with Crippen molar-refractivity contribution < 1.29 is 4.74 Å². The van der Waals surface area contributed by atoms with Crippen LogP contribution < -0.4 is 4.74 Å². The van der Waals surface area contributed by atoms with Crippen LogP contribution in [0.5, 0.6) is 11.6 Å². The first-order valence-electron chi connectivity index (χ1n) is 4.14. The maximum absolute atomic E-state index is 5.79. The Morgan fingerprint density at radius 2 is 1.88 bits per heavy atom. The molecule has 16 heavy (non-hydrogen) atoms. The van der Waals surface area contributed by atoms with Crippen LogP contribution in [0.1, 0.15) is 0 Å². The molecule has 0 spiro atoms. The number of halogens is 3. The molecule has 1 aromatic heterocycles. The van der Waals surface area contributed by atoms with Crippen LogP contribution in [-0.2, 0) is 0 Å². The van der Waals surface area contributed by atoms with E-state index in [4.69, 9.17) is 39.5 Å². The molecule has 0 aliphatic rings. The van der Waals surface area contributed by atoms with Crippen molar-refractivity contribution in [2.24, 2.45) is 0 Å². The van der Waals surface area contributed by atoms with Gasteiger partial charge in [0.25, 0.3) is 5.88 Å². The van der Waals surface area contributed by atoms with Gasteiger partial charge in [-0.25, -0.2) is 0 Å². The quantitative estimate of drug-likeness (QED) is 0.840. The van der Waals surface area contributed by atoms with Crippen LogP contribution in [0.15, 0.2) is 24.3 Å². The van der Waals surface area contributed by atoms with Crippen LogP contribution in [0.4, 0.5) is 0 Å². The molecule has 0 saturated heterocycles. The van der Waals surface area contributed by atoms with Gasteiger partial charge in [-0.15, -0.1) is 10.2 Å². The van der Waals surface area contributed by atoms with E-state index in [0.29, 0.717) is 10.8 Å². The summed E-state index contributed by atoms with van der Waals surface area (Å²) in [5.41, 5.74) is 0. The predicted molar refractivity (Wildman–Crippen MR) is 61.4 cm³/mol. The summed E-state index contributed by atoms with van der Waals surface area (Å²) in [5.74, 6) is 0.579. The molecule has 1 aromatic carbocycles. The molecule has 0 radical (unpaired) electrons. The lowest BCUT2D eigenvalue weighted by molar-refractivity contribution is 0.457. The van der Waals surface area contributed by atoms with Crippen molar-refractivity contribution in [3.8, 4) is 11.6 Å². The average Bonchev–Trinajstić information content (AvgIpc) is 2.24. The molecule has 82 valence electrons. The standard InChI is InChI=1S/C9H4Cl3N3O/c10-5-2-1-3-6(4-5)16-8-7(11)14-15-9(12)13-8/h1-4H. The van der Waals surface area contributed by atoms with Gasteiger partial charge in [0.2, 0.25) is 10.4 Å². The molecule has 0 bridgehead atoms. The van der Waals surface area contributed by atoms with E-state index in [1.807, 2.05) is 0 Å². The van der Waals surface area contributed by atoms with E-state index >= 15 is 0 Å². The topological polar surface area (TPSA) is 47.9 Å². The summed E-state index contributed by atoms with van der Waals surface area (Å²) in [6.45, 7) is 0. The smallest absolute Gasteiger partial charge is 0.262 e. The highest BCUT2D eigenvalue weighted by Gasteiger charge is 2.08. The Balaban J connectivity index is 2.30. The Hall–Kier alpha value is -1.10. The third kappa shape index (κ3) is 2.72. The van der Waals surface area contributed by atoms with Crippen LogP contribution in [0.25, 0.3) is 0 Å². The predicted octanol–water partition coefficient (Wildman–Crippen LogP) is 3.62. The number of hydrogen-bond donors (Lipinski definition) is 0. The van der Waals surface area contributed by atoms with Crippen molar-refractivity contribution in [1.29, 1.82) is 0 Å². The van der Waals surface area contributed by atoms with Crippen LogP contribution in [-0.4, -0.2) is 15.2 Å². The maximum atomic E-state index is 5.79. The first kappa shape index (κ1) is 11.4. The fourth-order valence-electron chi connectivity index (χ4n) is 0.987. The molecule has 2 rings (SSSR count). The van der Waals surface area contributed by atoms with Gasteiger partial charge in [-0.3, -0.25) is 0 Å². The number of rotatable bonds is 2. The van der Waals surface area contributed by atoms with Crippen molar-refractivity contribution in [2.45, 2.75) is 0 Å². The molecule has 0 saturated carbocycles. The van der Waals surface area contributed by atoms with Gasteiger partial charge in [-0.2, -0.15) is 4.98 Å². The Morgan fingerprint density at radius 1 is 1.06 bits per heavy atom. The third-order valence-corrected chi connectivity index (χ3v) is 2.23. The zero-order valence-electron chi connectivity index (χ0n) is 7.69. The summed E-state index contributed by atoms with van der Waals surface area (Å²) in [5, 5.41) is 7.56. The van der Waals surface area contributed by atoms with Gasteiger partial charge in [-0.1, -0.05) is 29.3 Å². The minimum absolute atomic E-state index is 0.0318. The molecule has 0 unspecified atom stereocenters. The van der Waals surface area contributed by atoms with Crippen molar-refractivity contribution >= 4 is 34.8 Å². The second kappa shape index (κ2) is 4.82. The van der Waals surface area contributed by atoms with Crippen molar-refractivity contribution in [2.75, 3.05) is 0 Å². The van der Waals surface area contributed by atoms with Gasteiger partial charge in [0.1, 0.15) is 5.75 Å². The summed E-state index contributed by atoms with van der Waals surface area (Å²) < 4.78 is 5.36. The number of nitrogens with zero attached hydrogens (tertiary/aromatic N) is 3. The Kier molecular flexibility index (Phi) is 3.43. The van der Waals surface area contributed by atoms with Crippen molar-refractivity contribution in [3.63, 3.8) is 0 Å². The van der Waals surface area contributed by atoms with Gasteiger partial charge in [0.05, 0.1) is 0 Å². The molecule has 0 amide bonds. The SMILES string of the molecule is Clc1cccc(Oc2nc(Cl)nnc2Cl)c1. The van der Waals surface area contributed by atoms with E-state index in [9.17, 15) is 0 Å². The van der Waals surface area contributed by atoms with Gasteiger partial charge in [-0.05, 0) is 29.8 Å². The Morgan fingerprint density at radius 3 is 2.62 bits per heavy atom. The fraction of sp³-hybridized carbons (Fsp3) is 0. The highest BCUT2D eigenvalue weighted by Crippen LogP contribution is 2.27. The molecule has 0 aliphatic carbocycles. The van der Waals surface area contributed by atoms with Crippen molar-refractivity contribution in [1.82, 2.24) is 15.2 Å². The molecule has 0 fully saturated rings. The highest BCUT2D eigenvalue weighted by molar-refractivity contribution is 6.31. The minimum Gasteiger partial charge on any atom is -0.436 e. The fourth-order valence-corrected chi connectivity index (χ4v) is 1.40. The first-order valence-corrected chi connectivity index (χ1v) is 5.27. The van der Waals surface area contributed by atoms with Gasteiger partial charge >= 0.3 is 0 Å². The normalized spacial score (nSPS) is 10.2. The van der Waals surface area contributed by atoms with E-state index in [1.165, 1.54) is 0 Å². The molecule has 2 aromatic rings. The molecule has 4 nitrogen and oxygen atoms in total. The highest BCUT2D eigenvalue weighted by atomic mass is 35.5. The zero-order valence-corrected chi connectivity index (χ0v) is 9.96. The third-order valence-electron chi connectivity index (χ3n) is 1.60. The minimum atomic E-state index is -0.0403. The molecular formula is C9H4Cl3N3O. The molecule has 0 atom stereocenters. The zero-order chi connectivity index (χ0) is 11.5. The molecule has 7 heteroatoms. The van der Waals surface area contributed by atoms with Crippen LogP contribution in [0.2, 0.25) is 15.5 Å². The number of aromatic nitrogens is 3. The van der Waals surface area contributed by atoms with E-state index in [-0.39, 0.29) is 16.3 Å². The summed E-state index contributed by atoms with van der Waals surface area (Å²) >= 11 is 17.1. The van der Waals surface area contributed by atoms with E-state index in [0.717, 1.165) is 0 Å². The van der Waals surface area contributed by atoms with Gasteiger partial charge in [0.15, 0.2) is 0 Å². The monoisotopic (exact) mass is 275 g/mol. The van der Waals surface area contributed by atoms with Crippen LogP contribution in [0.3, 0.4) is 0 Å². The van der Waals surface area contributed by atoms with E-state index in [1.54, 1.807) is 24.3 Å². The van der Waals surface area contributed by atoms with Crippen molar-refractivity contribution in [3.05, 3.63) is 39.7 Å². The maximum Gasteiger partial charge on any atom is 0.262 e. The Labute approximate surface area is 106 Å². The number of hydrogen-bond acceptors (Lipinski definition) is 4. The molecular weight excluding hydrogens is 272 g/mol. The average molecular weight is 277 g/mol. The summed E-state index contributed by atoms with van der Waals surface area (Å²) in [7, 11) is 0. The largest absolute Gasteiger partial charge is 0.436 e. The van der Waals surface area contributed by atoms with Gasteiger partial charge in [0, 0.05) is 5.02 Å². The second-order valence-electron chi connectivity index (χ2n) is 2.74. The van der Waals surface area contributed by atoms with E-state index < -0.39 is 0 Å². The number of ether oxygens (including phenoxy) is 1. The Bertz CT molecular complexity index is 521. The molecule has 0 N–H and O–H groups in total. The van der Waals surface area contributed by atoms with E-state index in [2.05, 4.69) is 15.2 Å². The number of benzene rings is 1. The lowest BCUT2D eigenvalue weighted by Crippen LogP contribution is -1.94. The van der Waals surface area contributed by atoms with Crippen LogP contribution in [0, 0.1) is 0 Å².